The van der Waals surface area contributed by atoms with E-state index in [1.54, 1.807) is 0 Å². The molecule has 0 unspecified atom stereocenters. The van der Waals surface area contributed by atoms with Crippen LogP contribution in [-0.4, -0.2) is 6.41 Å². The van der Waals surface area contributed by atoms with E-state index in [9.17, 15) is 4.79 Å². The molecule has 0 heterocycles. The number of amides is 1. The fourth-order valence-electron chi connectivity index (χ4n) is 1.08. The normalized spacial score (nSPS) is 9.50. The van der Waals surface area contributed by atoms with Gasteiger partial charge in [0.15, 0.2) is 0 Å². The number of carbonyl (C=O) groups is 1. The Kier molecular flexibility index (Phi) is 3.11. The quantitative estimate of drug-likeness (QED) is 0.566. The molecule has 64 valence electrons. The van der Waals surface area contributed by atoms with Gasteiger partial charge in [0.05, 0.1) is 0 Å². The summed E-state index contributed by atoms with van der Waals surface area (Å²) in [4.78, 5) is 10.2. The van der Waals surface area contributed by atoms with Crippen LogP contribution in [0.1, 0.15) is 11.1 Å². The molecule has 1 N–H and O–H groups in total. The van der Waals surface area contributed by atoms with Gasteiger partial charge in [-0.15, -0.1) is 11.6 Å². The van der Waals surface area contributed by atoms with Crippen molar-refractivity contribution in [2.75, 3.05) is 5.32 Å². The molecule has 0 aliphatic carbocycles. The highest BCUT2D eigenvalue weighted by molar-refractivity contribution is 6.17. The lowest BCUT2D eigenvalue weighted by Gasteiger charge is -2.07. The predicted molar refractivity (Wildman–Crippen MR) is 50.4 cm³/mol. The van der Waals surface area contributed by atoms with E-state index in [4.69, 9.17) is 11.6 Å². The van der Waals surface area contributed by atoms with Crippen molar-refractivity contribution in [2.45, 2.75) is 12.8 Å². The zero-order valence-corrected chi connectivity index (χ0v) is 7.56. The van der Waals surface area contributed by atoms with Crippen LogP contribution in [0.3, 0.4) is 0 Å². The van der Waals surface area contributed by atoms with Crippen molar-refractivity contribution in [2.24, 2.45) is 0 Å². The summed E-state index contributed by atoms with van der Waals surface area (Å²) in [6.07, 6.45) is 0.658. The molecule has 1 amide bonds. The van der Waals surface area contributed by atoms with Crippen LogP contribution in [0.25, 0.3) is 0 Å². The molecule has 1 aromatic rings. The Morgan fingerprint density at radius 2 is 2.33 bits per heavy atom. The Labute approximate surface area is 76.5 Å². The number of rotatable bonds is 3. The molecule has 0 fully saturated rings. The summed E-state index contributed by atoms with van der Waals surface area (Å²) in [5.41, 5.74) is 2.86. The first-order valence-electron chi connectivity index (χ1n) is 3.64. The van der Waals surface area contributed by atoms with E-state index in [0.717, 1.165) is 16.8 Å². The summed E-state index contributed by atoms with van der Waals surface area (Å²) in [5.74, 6) is 0.419. The molecule has 0 aliphatic rings. The summed E-state index contributed by atoms with van der Waals surface area (Å²) in [6.45, 7) is 1.97. The maximum Gasteiger partial charge on any atom is 0.211 e. The van der Waals surface area contributed by atoms with Gasteiger partial charge >= 0.3 is 0 Å². The van der Waals surface area contributed by atoms with Crippen LogP contribution >= 0.6 is 11.6 Å². The molecule has 1 aromatic carbocycles. The van der Waals surface area contributed by atoms with Crippen molar-refractivity contribution in [3.63, 3.8) is 0 Å². The molecule has 0 aromatic heterocycles. The third-order valence-electron chi connectivity index (χ3n) is 1.76. The summed E-state index contributed by atoms with van der Waals surface area (Å²) in [7, 11) is 0. The molecule has 2 nitrogen and oxygen atoms in total. The van der Waals surface area contributed by atoms with Crippen molar-refractivity contribution in [3.05, 3.63) is 29.3 Å². The second-order valence-corrected chi connectivity index (χ2v) is 2.76. The zero-order chi connectivity index (χ0) is 8.97. The third-order valence-corrected chi connectivity index (χ3v) is 2.03. The van der Waals surface area contributed by atoms with Gasteiger partial charge in [-0.05, 0) is 24.1 Å². The number of hydrogen-bond donors (Lipinski definition) is 1. The number of hydrogen-bond acceptors (Lipinski definition) is 1. The Bertz CT molecular complexity index is 286. The topological polar surface area (TPSA) is 29.1 Å². The van der Waals surface area contributed by atoms with Crippen LogP contribution in [0, 0.1) is 6.92 Å². The summed E-state index contributed by atoms with van der Waals surface area (Å²) < 4.78 is 0. The lowest BCUT2D eigenvalue weighted by Crippen LogP contribution is -1.98. The first-order valence-corrected chi connectivity index (χ1v) is 4.17. The van der Waals surface area contributed by atoms with E-state index < -0.39 is 0 Å². The fraction of sp³-hybridized carbons (Fsp3) is 0.222. The average Bonchev–Trinajstić information content (AvgIpc) is 2.05. The molecule has 0 aliphatic heterocycles. The van der Waals surface area contributed by atoms with E-state index >= 15 is 0 Å². The minimum absolute atomic E-state index is 0.419. The second kappa shape index (κ2) is 4.12. The van der Waals surface area contributed by atoms with Gasteiger partial charge in [-0.25, -0.2) is 0 Å². The van der Waals surface area contributed by atoms with Crippen LogP contribution < -0.4 is 5.32 Å². The van der Waals surface area contributed by atoms with Crippen LogP contribution in [0.2, 0.25) is 0 Å². The molecule has 3 heteroatoms. The van der Waals surface area contributed by atoms with Crippen molar-refractivity contribution in [3.8, 4) is 0 Å². The maximum atomic E-state index is 10.2. The van der Waals surface area contributed by atoms with Gasteiger partial charge in [-0.1, -0.05) is 12.1 Å². The highest BCUT2D eigenvalue weighted by atomic mass is 35.5. The molecule has 0 saturated heterocycles. The van der Waals surface area contributed by atoms with Gasteiger partial charge in [0.25, 0.3) is 0 Å². The maximum absolute atomic E-state index is 10.2. The van der Waals surface area contributed by atoms with Crippen molar-refractivity contribution in [1.82, 2.24) is 0 Å². The summed E-state index contributed by atoms with van der Waals surface area (Å²) in [6, 6.07) is 5.68. The van der Waals surface area contributed by atoms with E-state index in [2.05, 4.69) is 5.32 Å². The summed E-state index contributed by atoms with van der Waals surface area (Å²) in [5, 5.41) is 2.60. The first-order chi connectivity index (χ1) is 5.79. The molecule has 0 atom stereocenters. The molecule has 1 rings (SSSR count). The minimum atomic E-state index is 0.419. The summed E-state index contributed by atoms with van der Waals surface area (Å²) >= 11 is 5.72. The number of halogens is 1. The predicted octanol–water partition coefficient (Wildman–Crippen LogP) is 2.30. The Hall–Kier alpha value is -1.02. The Morgan fingerprint density at radius 3 is 2.92 bits per heavy atom. The van der Waals surface area contributed by atoms with Gasteiger partial charge in [-0.3, -0.25) is 4.79 Å². The second-order valence-electron chi connectivity index (χ2n) is 2.50. The standard InChI is InChI=1S/C9H10ClNO/c1-7-3-2-4-9(11-6-12)8(7)5-10/h2-4,6H,5H2,1H3,(H,11,12). The highest BCUT2D eigenvalue weighted by Crippen LogP contribution is 2.20. The number of alkyl halides is 1. The van der Waals surface area contributed by atoms with E-state index in [0.29, 0.717) is 12.3 Å². The number of benzene rings is 1. The number of carbonyl (C=O) groups excluding carboxylic acids is 1. The molecule has 0 saturated carbocycles. The molecular weight excluding hydrogens is 174 g/mol. The van der Waals surface area contributed by atoms with Crippen LogP contribution in [0.15, 0.2) is 18.2 Å². The molecule has 12 heavy (non-hydrogen) atoms. The van der Waals surface area contributed by atoms with E-state index in [1.165, 1.54) is 0 Å². The third kappa shape index (κ3) is 1.77. The average molecular weight is 184 g/mol. The zero-order valence-electron chi connectivity index (χ0n) is 6.80. The van der Waals surface area contributed by atoms with Crippen molar-refractivity contribution in [1.29, 1.82) is 0 Å². The fourth-order valence-corrected chi connectivity index (χ4v) is 1.43. The van der Waals surface area contributed by atoms with Gasteiger partial charge in [0, 0.05) is 11.6 Å². The van der Waals surface area contributed by atoms with E-state index in [1.807, 2.05) is 25.1 Å². The van der Waals surface area contributed by atoms with Crippen molar-refractivity contribution < 1.29 is 4.79 Å². The number of aryl methyl sites for hydroxylation is 1. The number of anilines is 1. The Balaban J connectivity index is 3.08. The van der Waals surface area contributed by atoms with Crippen molar-refractivity contribution >= 4 is 23.7 Å². The van der Waals surface area contributed by atoms with Gasteiger partial charge in [0.1, 0.15) is 0 Å². The van der Waals surface area contributed by atoms with E-state index in [-0.39, 0.29) is 0 Å². The van der Waals surface area contributed by atoms with Gasteiger partial charge < -0.3 is 5.32 Å². The molecule has 0 spiro atoms. The highest BCUT2D eigenvalue weighted by Gasteiger charge is 2.02. The van der Waals surface area contributed by atoms with Crippen LogP contribution in [0.4, 0.5) is 5.69 Å². The minimum Gasteiger partial charge on any atom is -0.328 e. The SMILES string of the molecule is Cc1cccc(NC=O)c1CCl. The lowest BCUT2D eigenvalue weighted by molar-refractivity contribution is -0.105. The largest absolute Gasteiger partial charge is 0.328 e. The van der Waals surface area contributed by atoms with Crippen LogP contribution in [-0.2, 0) is 10.7 Å². The lowest BCUT2D eigenvalue weighted by atomic mass is 10.1. The first kappa shape index (κ1) is 9.07. The smallest absolute Gasteiger partial charge is 0.211 e. The van der Waals surface area contributed by atoms with Gasteiger partial charge in [0.2, 0.25) is 6.41 Å². The Morgan fingerprint density at radius 1 is 1.58 bits per heavy atom. The van der Waals surface area contributed by atoms with Crippen LogP contribution in [0.5, 0.6) is 0 Å². The molecule has 0 radical (unpaired) electrons. The molecule has 0 bridgehead atoms. The van der Waals surface area contributed by atoms with Gasteiger partial charge in [-0.2, -0.15) is 0 Å². The monoisotopic (exact) mass is 183 g/mol. The molecular formula is C9H10ClNO. The number of nitrogens with one attached hydrogen (secondary N) is 1.